The molecule has 2 amide bonds. The first-order valence-electron chi connectivity index (χ1n) is 5.44. The zero-order chi connectivity index (χ0) is 16.9. The minimum Gasteiger partial charge on any atom is -0.450 e. The summed E-state index contributed by atoms with van der Waals surface area (Å²) in [5, 5.41) is 1.16. The van der Waals surface area contributed by atoms with E-state index in [-0.39, 0.29) is 0 Å². The largest absolute Gasteiger partial charge is 0.450 e. The lowest BCUT2D eigenvalue weighted by molar-refractivity contribution is -0.312. The van der Waals surface area contributed by atoms with E-state index in [0.29, 0.717) is 10.6 Å². The average molecular weight is 326 g/mol. The monoisotopic (exact) mass is 326 g/mol. The summed E-state index contributed by atoms with van der Waals surface area (Å²) in [6.45, 7) is 1.39. The third-order valence-corrected chi connectivity index (χ3v) is 1.98. The fourth-order valence-corrected chi connectivity index (χ4v) is 1.12. The van der Waals surface area contributed by atoms with Crippen molar-refractivity contribution in [3.8, 4) is 0 Å². The summed E-state index contributed by atoms with van der Waals surface area (Å²) in [4.78, 5) is 21.9. The highest BCUT2D eigenvalue weighted by Crippen LogP contribution is 2.41. The molecule has 0 atom stereocenters. The van der Waals surface area contributed by atoms with Crippen LogP contribution in [0.25, 0.3) is 0 Å². The van der Waals surface area contributed by atoms with E-state index in [1.165, 1.54) is 13.8 Å². The minimum atomic E-state index is -6.09. The number of halogens is 6. The number of hydrogen-bond donors (Lipinski definition) is 2. The Bertz CT molecular complexity index is 345. The standard InChI is InChI=1S/C9H12F6N2O4/c1-3-20-5(18)16-7(8(10,11)12,9(13,14)15)17-6(19)21-4-2/h3-4H2,1-2H3,(H,16,18)(H,17,19). The molecular weight excluding hydrogens is 314 g/mol. The lowest BCUT2D eigenvalue weighted by Crippen LogP contribution is -2.76. The molecule has 0 aliphatic carbocycles. The highest BCUT2D eigenvalue weighted by atomic mass is 19.4. The van der Waals surface area contributed by atoms with Crippen LogP contribution in [0.15, 0.2) is 0 Å². The Labute approximate surface area is 114 Å². The molecule has 0 aliphatic heterocycles. The maximum absolute atomic E-state index is 12.8. The van der Waals surface area contributed by atoms with Gasteiger partial charge in [0.2, 0.25) is 0 Å². The fourth-order valence-electron chi connectivity index (χ4n) is 1.12. The molecule has 0 aromatic rings. The van der Waals surface area contributed by atoms with Crippen molar-refractivity contribution >= 4 is 12.2 Å². The molecule has 0 aliphatic rings. The van der Waals surface area contributed by atoms with Crippen LogP contribution in [-0.4, -0.2) is 43.4 Å². The Balaban J connectivity index is 5.67. The van der Waals surface area contributed by atoms with E-state index in [9.17, 15) is 35.9 Å². The van der Waals surface area contributed by atoms with E-state index in [2.05, 4.69) is 9.47 Å². The molecule has 2 N–H and O–H groups in total. The summed E-state index contributed by atoms with van der Waals surface area (Å²) >= 11 is 0. The summed E-state index contributed by atoms with van der Waals surface area (Å²) in [7, 11) is 0. The first-order valence-corrected chi connectivity index (χ1v) is 5.44. The number of alkyl carbamates (subject to hydrolysis) is 2. The molecule has 0 aromatic heterocycles. The molecule has 0 rings (SSSR count). The number of hydrogen-bond acceptors (Lipinski definition) is 4. The van der Waals surface area contributed by atoms with E-state index in [1.807, 2.05) is 0 Å². The third-order valence-electron chi connectivity index (χ3n) is 1.98. The predicted molar refractivity (Wildman–Crippen MR) is 55.2 cm³/mol. The highest BCUT2D eigenvalue weighted by Gasteiger charge is 2.74. The van der Waals surface area contributed by atoms with Crippen molar-refractivity contribution in [3.05, 3.63) is 0 Å². The van der Waals surface area contributed by atoms with Gasteiger partial charge in [0.05, 0.1) is 13.2 Å². The van der Waals surface area contributed by atoms with Gasteiger partial charge >= 0.3 is 30.2 Å². The van der Waals surface area contributed by atoms with E-state index in [4.69, 9.17) is 0 Å². The molecular formula is C9H12F6N2O4. The van der Waals surface area contributed by atoms with E-state index < -0.39 is 43.4 Å². The fraction of sp³-hybridized carbons (Fsp3) is 0.778. The van der Waals surface area contributed by atoms with Crippen LogP contribution in [0.4, 0.5) is 35.9 Å². The van der Waals surface area contributed by atoms with Crippen LogP contribution in [0.1, 0.15) is 13.8 Å². The Kier molecular flexibility index (Phi) is 6.12. The molecule has 0 heterocycles. The summed E-state index contributed by atoms with van der Waals surface area (Å²) in [6.07, 6.45) is -16.2. The number of alkyl halides is 6. The van der Waals surface area contributed by atoms with Crippen molar-refractivity contribution in [2.75, 3.05) is 13.2 Å². The zero-order valence-corrected chi connectivity index (χ0v) is 10.8. The van der Waals surface area contributed by atoms with Gasteiger partial charge in [0.25, 0.3) is 0 Å². The van der Waals surface area contributed by atoms with Gasteiger partial charge in [-0.3, -0.25) is 10.6 Å². The normalized spacial score (nSPS) is 12.6. The number of ether oxygens (including phenoxy) is 2. The molecule has 0 bridgehead atoms. The van der Waals surface area contributed by atoms with E-state index >= 15 is 0 Å². The lowest BCUT2D eigenvalue weighted by Gasteiger charge is -2.37. The van der Waals surface area contributed by atoms with Gasteiger partial charge in [0.15, 0.2) is 0 Å². The molecule has 0 unspecified atom stereocenters. The van der Waals surface area contributed by atoms with E-state index in [1.54, 1.807) is 0 Å². The molecule has 6 nitrogen and oxygen atoms in total. The van der Waals surface area contributed by atoms with Gasteiger partial charge in [-0.05, 0) is 13.8 Å². The molecule has 0 aromatic carbocycles. The Morgan fingerprint density at radius 1 is 0.810 bits per heavy atom. The smallest absolute Gasteiger partial charge is 0.440 e. The molecule has 12 heteroatoms. The molecule has 0 fully saturated rings. The molecule has 0 radical (unpaired) electrons. The maximum Gasteiger partial charge on any atom is 0.440 e. The van der Waals surface area contributed by atoms with Crippen LogP contribution in [0.3, 0.4) is 0 Å². The minimum absolute atomic E-state index is 0.475. The third kappa shape index (κ3) is 4.56. The molecule has 0 spiro atoms. The van der Waals surface area contributed by atoms with Gasteiger partial charge in [-0.2, -0.15) is 26.3 Å². The summed E-state index contributed by atoms with van der Waals surface area (Å²) in [5.74, 6) is 0. The Morgan fingerprint density at radius 3 is 1.29 bits per heavy atom. The van der Waals surface area contributed by atoms with Crippen molar-refractivity contribution in [2.45, 2.75) is 31.9 Å². The van der Waals surface area contributed by atoms with Crippen molar-refractivity contribution in [2.24, 2.45) is 0 Å². The van der Waals surface area contributed by atoms with Crippen molar-refractivity contribution in [1.82, 2.24) is 10.6 Å². The quantitative estimate of drug-likeness (QED) is 0.614. The van der Waals surface area contributed by atoms with Crippen molar-refractivity contribution < 1.29 is 45.4 Å². The van der Waals surface area contributed by atoms with Gasteiger partial charge in [0.1, 0.15) is 0 Å². The summed E-state index contributed by atoms with van der Waals surface area (Å²) in [5.41, 5.74) is -5.03. The van der Waals surface area contributed by atoms with Crippen LogP contribution >= 0.6 is 0 Å². The van der Waals surface area contributed by atoms with Crippen LogP contribution in [0.5, 0.6) is 0 Å². The number of carbonyl (C=O) groups excluding carboxylic acids is 2. The second-order valence-electron chi connectivity index (χ2n) is 3.44. The van der Waals surface area contributed by atoms with Gasteiger partial charge in [-0.15, -0.1) is 0 Å². The maximum atomic E-state index is 12.8. The van der Waals surface area contributed by atoms with Gasteiger partial charge < -0.3 is 9.47 Å². The summed E-state index contributed by atoms with van der Waals surface area (Å²) in [6, 6.07) is 0. The topological polar surface area (TPSA) is 76.7 Å². The lowest BCUT2D eigenvalue weighted by atomic mass is 10.1. The number of amides is 2. The van der Waals surface area contributed by atoms with Crippen molar-refractivity contribution in [1.29, 1.82) is 0 Å². The number of nitrogens with one attached hydrogen (secondary N) is 2. The Morgan fingerprint density at radius 2 is 1.10 bits per heavy atom. The average Bonchev–Trinajstić information content (AvgIpc) is 2.25. The molecule has 124 valence electrons. The van der Waals surface area contributed by atoms with Gasteiger partial charge in [0, 0.05) is 0 Å². The molecule has 0 saturated heterocycles. The second-order valence-corrected chi connectivity index (χ2v) is 3.44. The first kappa shape index (κ1) is 19.1. The molecule has 0 saturated carbocycles. The second kappa shape index (κ2) is 6.72. The zero-order valence-electron chi connectivity index (χ0n) is 10.8. The summed E-state index contributed by atoms with van der Waals surface area (Å²) < 4.78 is 84.8. The van der Waals surface area contributed by atoms with Gasteiger partial charge in [-0.25, -0.2) is 9.59 Å². The molecule has 21 heavy (non-hydrogen) atoms. The number of carbonyl (C=O) groups is 2. The SMILES string of the molecule is CCOC(=O)NC(NC(=O)OCC)(C(F)(F)F)C(F)(F)F. The first-order chi connectivity index (χ1) is 9.41. The van der Waals surface area contributed by atoms with E-state index in [0.717, 1.165) is 0 Å². The van der Waals surface area contributed by atoms with Crippen LogP contribution < -0.4 is 10.6 Å². The highest BCUT2D eigenvalue weighted by molar-refractivity contribution is 5.72. The van der Waals surface area contributed by atoms with Gasteiger partial charge in [-0.1, -0.05) is 0 Å². The predicted octanol–water partition coefficient (Wildman–Crippen LogP) is 2.30. The number of rotatable bonds is 4. The van der Waals surface area contributed by atoms with Crippen molar-refractivity contribution in [3.63, 3.8) is 0 Å². The Hall–Kier alpha value is -1.88. The van der Waals surface area contributed by atoms with Crippen LogP contribution in [0.2, 0.25) is 0 Å². The van der Waals surface area contributed by atoms with Crippen LogP contribution in [0, 0.1) is 0 Å². The van der Waals surface area contributed by atoms with Crippen LogP contribution in [-0.2, 0) is 9.47 Å².